The number of aromatic amines is 1. The van der Waals surface area contributed by atoms with Crippen molar-refractivity contribution in [2.45, 2.75) is 57.7 Å². The zero-order valence-electron chi connectivity index (χ0n) is 19.4. The zero-order valence-corrected chi connectivity index (χ0v) is 19.4. The number of hydrogen-bond acceptors (Lipinski definition) is 7. The van der Waals surface area contributed by atoms with E-state index in [0.717, 1.165) is 48.5 Å². The van der Waals surface area contributed by atoms with Crippen LogP contribution in [-0.2, 0) is 35.5 Å². The molecular weight excluding hydrogens is 464 g/mol. The van der Waals surface area contributed by atoms with Crippen LogP contribution in [0.15, 0.2) is 24.4 Å². The van der Waals surface area contributed by atoms with Gasteiger partial charge in [0.2, 0.25) is 11.8 Å². The molecule has 2 aromatic heterocycles. The number of rotatable bonds is 5. The lowest BCUT2D eigenvalue weighted by atomic mass is 10.0. The molecule has 0 radical (unpaired) electrons. The third-order valence-electron chi connectivity index (χ3n) is 6.92. The van der Waals surface area contributed by atoms with Gasteiger partial charge in [0.05, 0.1) is 24.1 Å². The van der Waals surface area contributed by atoms with Crippen molar-refractivity contribution < 1.29 is 19.2 Å². The van der Waals surface area contributed by atoms with E-state index in [2.05, 4.69) is 30.9 Å². The average molecular weight is 489 g/mol. The van der Waals surface area contributed by atoms with Gasteiger partial charge in [-0.25, -0.2) is 9.67 Å². The SMILES string of the molecule is O=C1CCC(N2Cc3cc(-n4cc(C(=O)NCc5nc6c([nH]5)CCCC6)nn4)ccc3C2=O)C(=O)N1. The summed E-state index contributed by atoms with van der Waals surface area (Å²) in [4.78, 5) is 58.6. The van der Waals surface area contributed by atoms with Gasteiger partial charge in [0.1, 0.15) is 11.9 Å². The van der Waals surface area contributed by atoms with Gasteiger partial charge in [0.15, 0.2) is 5.69 Å². The van der Waals surface area contributed by atoms with Crippen molar-refractivity contribution in [1.29, 1.82) is 0 Å². The van der Waals surface area contributed by atoms with Crippen molar-refractivity contribution in [2.24, 2.45) is 0 Å². The number of H-pyrrole nitrogens is 1. The molecule has 4 heterocycles. The molecule has 0 spiro atoms. The third-order valence-corrected chi connectivity index (χ3v) is 6.92. The van der Waals surface area contributed by atoms with Crippen molar-refractivity contribution in [3.8, 4) is 5.69 Å². The first-order valence-electron chi connectivity index (χ1n) is 12.0. The van der Waals surface area contributed by atoms with Gasteiger partial charge in [-0.2, -0.15) is 0 Å². The highest BCUT2D eigenvalue weighted by Gasteiger charge is 2.39. The van der Waals surface area contributed by atoms with Crippen LogP contribution in [0, 0.1) is 0 Å². The van der Waals surface area contributed by atoms with E-state index in [1.165, 1.54) is 15.8 Å². The van der Waals surface area contributed by atoms with Gasteiger partial charge in [-0.15, -0.1) is 5.10 Å². The second-order valence-corrected chi connectivity index (χ2v) is 9.29. The quantitative estimate of drug-likeness (QED) is 0.443. The largest absolute Gasteiger partial charge is 0.344 e. The Morgan fingerprint density at radius 1 is 1.14 bits per heavy atom. The number of carbonyl (C=O) groups excluding carboxylic acids is 4. The third kappa shape index (κ3) is 3.93. The summed E-state index contributed by atoms with van der Waals surface area (Å²) in [5, 5.41) is 13.2. The molecule has 2 aliphatic heterocycles. The molecule has 4 amide bonds. The standard InChI is InChI=1S/C24H24N8O4/c33-21-8-7-19(23(35)28-21)31-11-13-9-14(5-6-15(13)24(31)36)32-12-18(29-30-32)22(34)25-10-20-26-16-3-1-2-4-17(16)27-20/h5-6,9,12,19H,1-4,7-8,10-11H2,(H,25,34)(H,26,27)(H,28,33,35). The first-order chi connectivity index (χ1) is 17.5. The average Bonchev–Trinajstić information content (AvgIpc) is 3.60. The summed E-state index contributed by atoms with van der Waals surface area (Å²) >= 11 is 0. The Morgan fingerprint density at radius 2 is 2.00 bits per heavy atom. The number of imidazole rings is 1. The van der Waals surface area contributed by atoms with Crippen LogP contribution in [0.4, 0.5) is 0 Å². The molecule has 3 N–H and O–H groups in total. The summed E-state index contributed by atoms with van der Waals surface area (Å²) in [5.74, 6) is -0.655. The Kier molecular flexibility index (Phi) is 5.35. The topological polar surface area (TPSA) is 155 Å². The Hall–Kier alpha value is -4.35. The summed E-state index contributed by atoms with van der Waals surface area (Å²) in [6.07, 6.45) is 6.27. The van der Waals surface area contributed by atoms with Gasteiger partial charge >= 0.3 is 0 Å². The lowest BCUT2D eigenvalue weighted by molar-refractivity contribution is -0.136. The van der Waals surface area contributed by atoms with Crippen LogP contribution >= 0.6 is 0 Å². The van der Waals surface area contributed by atoms with E-state index in [0.29, 0.717) is 17.7 Å². The van der Waals surface area contributed by atoms with E-state index in [1.807, 2.05) is 0 Å². The maximum absolute atomic E-state index is 12.9. The summed E-state index contributed by atoms with van der Waals surface area (Å²) in [5.41, 5.74) is 4.28. The van der Waals surface area contributed by atoms with Crippen molar-refractivity contribution in [3.63, 3.8) is 0 Å². The molecule has 12 nitrogen and oxygen atoms in total. The van der Waals surface area contributed by atoms with Crippen LogP contribution in [0.5, 0.6) is 0 Å². The number of nitrogens with zero attached hydrogens (tertiary/aromatic N) is 5. The van der Waals surface area contributed by atoms with Crippen LogP contribution in [0.2, 0.25) is 0 Å². The normalized spacial score (nSPS) is 19.2. The van der Waals surface area contributed by atoms with Gasteiger partial charge in [-0.1, -0.05) is 5.21 Å². The fourth-order valence-electron chi connectivity index (χ4n) is 5.05. The highest BCUT2D eigenvalue weighted by atomic mass is 16.2. The Balaban J connectivity index is 1.13. The summed E-state index contributed by atoms with van der Waals surface area (Å²) in [7, 11) is 0. The van der Waals surface area contributed by atoms with E-state index in [-0.39, 0.29) is 42.9 Å². The predicted molar refractivity (Wildman–Crippen MR) is 124 cm³/mol. The molecule has 1 fully saturated rings. The van der Waals surface area contributed by atoms with E-state index in [9.17, 15) is 19.2 Å². The first-order valence-corrected chi connectivity index (χ1v) is 12.0. The first kappa shape index (κ1) is 22.1. The van der Waals surface area contributed by atoms with Gasteiger partial charge in [0.25, 0.3) is 11.8 Å². The second kappa shape index (κ2) is 8.70. The Labute approximate surface area is 205 Å². The number of nitrogens with one attached hydrogen (secondary N) is 3. The molecular formula is C24H24N8O4. The minimum atomic E-state index is -0.674. The summed E-state index contributed by atoms with van der Waals surface area (Å²) in [6.45, 7) is 0.527. The summed E-state index contributed by atoms with van der Waals surface area (Å²) in [6, 6.07) is 4.52. The lowest BCUT2D eigenvalue weighted by Gasteiger charge is -2.29. The molecule has 1 saturated heterocycles. The van der Waals surface area contributed by atoms with Crippen LogP contribution in [0.3, 0.4) is 0 Å². The van der Waals surface area contributed by atoms with E-state index in [1.54, 1.807) is 18.2 Å². The second-order valence-electron chi connectivity index (χ2n) is 9.29. The van der Waals surface area contributed by atoms with Crippen LogP contribution < -0.4 is 10.6 Å². The maximum Gasteiger partial charge on any atom is 0.273 e. The Bertz CT molecular complexity index is 1380. The van der Waals surface area contributed by atoms with Crippen LogP contribution in [0.1, 0.15) is 69.3 Å². The van der Waals surface area contributed by atoms with E-state index < -0.39 is 11.9 Å². The minimum Gasteiger partial charge on any atom is -0.344 e. The maximum atomic E-state index is 12.9. The molecule has 12 heteroatoms. The fourth-order valence-corrected chi connectivity index (χ4v) is 5.05. The van der Waals surface area contributed by atoms with E-state index in [4.69, 9.17) is 0 Å². The molecule has 184 valence electrons. The lowest BCUT2D eigenvalue weighted by Crippen LogP contribution is -2.52. The van der Waals surface area contributed by atoms with Crippen molar-refractivity contribution in [1.82, 2.24) is 40.5 Å². The number of imide groups is 1. The van der Waals surface area contributed by atoms with Crippen molar-refractivity contribution >= 4 is 23.6 Å². The number of piperidine rings is 1. The number of aryl methyl sites for hydroxylation is 2. The number of fused-ring (bicyclic) bond motifs is 2. The van der Waals surface area contributed by atoms with Crippen LogP contribution in [-0.4, -0.2) is 59.5 Å². The number of carbonyl (C=O) groups is 4. The fraction of sp³-hybridized carbons (Fsp3) is 0.375. The summed E-state index contributed by atoms with van der Waals surface area (Å²) < 4.78 is 1.47. The molecule has 6 rings (SSSR count). The molecule has 1 aliphatic carbocycles. The number of hydrogen-bond donors (Lipinski definition) is 3. The Morgan fingerprint density at radius 3 is 2.83 bits per heavy atom. The molecule has 36 heavy (non-hydrogen) atoms. The number of amides is 4. The van der Waals surface area contributed by atoms with Crippen molar-refractivity contribution in [3.05, 3.63) is 58.4 Å². The van der Waals surface area contributed by atoms with Gasteiger partial charge in [-0.05, 0) is 55.9 Å². The zero-order chi connectivity index (χ0) is 24.8. The van der Waals surface area contributed by atoms with Crippen molar-refractivity contribution in [2.75, 3.05) is 0 Å². The smallest absolute Gasteiger partial charge is 0.273 e. The monoisotopic (exact) mass is 488 g/mol. The van der Waals surface area contributed by atoms with E-state index >= 15 is 0 Å². The molecule has 1 atom stereocenters. The molecule has 1 unspecified atom stereocenters. The molecule has 3 aliphatic rings. The molecule has 3 aromatic rings. The predicted octanol–water partition coefficient (Wildman–Crippen LogP) is 0.560. The highest BCUT2D eigenvalue weighted by Crippen LogP contribution is 2.29. The number of benzene rings is 1. The molecule has 1 aromatic carbocycles. The minimum absolute atomic E-state index is 0.160. The van der Waals surface area contributed by atoms with Crippen LogP contribution in [0.25, 0.3) is 5.69 Å². The van der Waals surface area contributed by atoms with Gasteiger partial charge in [-0.3, -0.25) is 24.5 Å². The molecule has 0 saturated carbocycles. The van der Waals surface area contributed by atoms with Gasteiger partial charge < -0.3 is 15.2 Å². The molecule has 0 bridgehead atoms. The highest BCUT2D eigenvalue weighted by molar-refractivity contribution is 6.05. The number of aromatic nitrogens is 5. The van der Waals surface area contributed by atoms with Gasteiger partial charge in [0, 0.05) is 24.2 Å².